The molecule has 0 bridgehead atoms. The summed E-state index contributed by atoms with van der Waals surface area (Å²) in [6.07, 6.45) is 5.34. The Kier molecular flexibility index (Phi) is 4.10. The number of hydrogen-bond donors (Lipinski definition) is 4. The van der Waals surface area contributed by atoms with E-state index < -0.39 is 0 Å². The van der Waals surface area contributed by atoms with Crippen LogP contribution in [0.3, 0.4) is 0 Å². The molecule has 1 aromatic carbocycles. The van der Waals surface area contributed by atoms with E-state index in [-0.39, 0.29) is 11.7 Å². The molecule has 8 nitrogen and oxygen atoms in total. The summed E-state index contributed by atoms with van der Waals surface area (Å²) in [6.45, 7) is 4.16. The number of fused-ring (bicyclic) bond motifs is 2. The highest BCUT2D eigenvalue weighted by atomic mass is 16.1. The van der Waals surface area contributed by atoms with E-state index in [1.807, 2.05) is 28.8 Å². The molecule has 0 radical (unpaired) electrons. The maximum absolute atomic E-state index is 12.4. The Morgan fingerprint density at radius 2 is 1.77 bits per heavy atom. The van der Waals surface area contributed by atoms with Crippen molar-refractivity contribution in [1.29, 1.82) is 0 Å². The Labute approximate surface area is 152 Å². The number of hydrogen-bond acceptors (Lipinski definition) is 6. The fourth-order valence-corrected chi connectivity index (χ4v) is 4.74. The number of H-pyrrole nitrogens is 1. The lowest BCUT2D eigenvalue weighted by Gasteiger charge is -2.43. The van der Waals surface area contributed by atoms with Gasteiger partial charge in [-0.05, 0) is 44.7 Å². The molecule has 26 heavy (non-hydrogen) atoms. The number of piperidine rings is 1. The summed E-state index contributed by atoms with van der Waals surface area (Å²) >= 11 is 0. The summed E-state index contributed by atoms with van der Waals surface area (Å²) < 4.78 is 1.96. The molecule has 140 valence electrons. The third-order valence-electron chi connectivity index (χ3n) is 6.02. The van der Waals surface area contributed by atoms with Gasteiger partial charge >= 0.3 is 5.69 Å². The number of hydrazine groups is 2. The van der Waals surface area contributed by atoms with E-state index in [4.69, 9.17) is 0 Å². The average molecular weight is 357 g/mol. The molecule has 3 saturated heterocycles. The maximum atomic E-state index is 12.4. The van der Waals surface area contributed by atoms with Gasteiger partial charge in [0.1, 0.15) is 0 Å². The van der Waals surface area contributed by atoms with Crippen molar-refractivity contribution in [3.05, 3.63) is 34.7 Å². The van der Waals surface area contributed by atoms with Crippen molar-refractivity contribution >= 4 is 11.0 Å². The largest absolute Gasteiger partial charge is 0.326 e. The minimum Gasteiger partial charge on any atom is -0.306 e. The van der Waals surface area contributed by atoms with Crippen LogP contribution in [0.25, 0.3) is 11.0 Å². The lowest BCUT2D eigenvalue weighted by Crippen LogP contribution is -2.63. The van der Waals surface area contributed by atoms with Crippen molar-refractivity contribution in [2.45, 2.75) is 57.1 Å². The van der Waals surface area contributed by atoms with E-state index in [1.165, 1.54) is 0 Å². The molecule has 4 N–H and O–H groups in total. The Bertz CT molecular complexity index is 837. The van der Waals surface area contributed by atoms with Crippen LogP contribution in [0.2, 0.25) is 0 Å². The number of para-hydroxylation sites is 2. The normalized spacial score (nSPS) is 31.5. The van der Waals surface area contributed by atoms with Crippen molar-refractivity contribution in [1.82, 2.24) is 35.7 Å². The first-order valence-corrected chi connectivity index (χ1v) is 9.70. The quantitative estimate of drug-likeness (QED) is 0.633. The molecule has 0 amide bonds. The SMILES string of the molecule is CC1NC2CCC(N3CCC(n4c(=O)[nH]c5ccccc54)CC3)NN2N1. The second-order valence-corrected chi connectivity index (χ2v) is 7.71. The smallest absolute Gasteiger partial charge is 0.306 e. The van der Waals surface area contributed by atoms with Crippen LogP contribution in [0.15, 0.2) is 29.1 Å². The summed E-state index contributed by atoms with van der Waals surface area (Å²) in [5.41, 5.74) is 9.01. The molecule has 3 fully saturated rings. The molecular formula is C18H27N7O. The number of imidazole rings is 1. The highest BCUT2D eigenvalue weighted by molar-refractivity contribution is 5.75. The zero-order valence-electron chi connectivity index (χ0n) is 15.1. The number of aromatic amines is 1. The molecule has 8 heteroatoms. The summed E-state index contributed by atoms with van der Waals surface area (Å²) in [4.78, 5) is 17.9. The fraction of sp³-hybridized carbons (Fsp3) is 0.611. The maximum Gasteiger partial charge on any atom is 0.326 e. The lowest BCUT2D eigenvalue weighted by molar-refractivity contribution is -0.0319. The first-order chi connectivity index (χ1) is 12.7. The molecule has 3 aliphatic heterocycles. The second kappa shape index (κ2) is 6.47. The number of nitrogens with one attached hydrogen (secondary N) is 4. The van der Waals surface area contributed by atoms with Crippen LogP contribution >= 0.6 is 0 Å². The van der Waals surface area contributed by atoms with E-state index in [9.17, 15) is 4.79 Å². The topological polar surface area (TPSA) is 80.4 Å². The van der Waals surface area contributed by atoms with Gasteiger partial charge in [0.05, 0.1) is 29.5 Å². The van der Waals surface area contributed by atoms with Gasteiger partial charge in [0.25, 0.3) is 0 Å². The Morgan fingerprint density at radius 1 is 1.00 bits per heavy atom. The molecule has 3 atom stereocenters. The van der Waals surface area contributed by atoms with Gasteiger partial charge < -0.3 is 4.98 Å². The van der Waals surface area contributed by atoms with Crippen LogP contribution in [0, 0.1) is 0 Å². The number of rotatable bonds is 2. The Morgan fingerprint density at radius 3 is 2.62 bits per heavy atom. The minimum absolute atomic E-state index is 0.0182. The van der Waals surface area contributed by atoms with Crippen LogP contribution < -0.4 is 21.9 Å². The third-order valence-corrected chi connectivity index (χ3v) is 6.02. The molecule has 0 saturated carbocycles. The number of benzene rings is 1. The van der Waals surface area contributed by atoms with Gasteiger partial charge in [-0.15, -0.1) is 0 Å². The van der Waals surface area contributed by atoms with Crippen LogP contribution in [-0.2, 0) is 0 Å². The predicted molar refractivity (Wildman–Crippen MR) is 99.9 cm³/mol. The van der Waals surface area contributed by atoms with Crippen LogP contribution in [0.5, 0.6) is 0 Å². The monoisotopic (exact) mass is 357 g/mol. The molecule has 0 aliphatic carbocycles. The van der Waals surface area contributed by atoms with Crippen molar-refractivity contribution in [2.24, 2.45) is 0 Å². The molecule has 2 aromatic rings. The third kappa shape index (κ3) is 2.78. The van der Waals surface area contributed by atoms with E-state index in [0.717, 1.165) is 49.8 Å². The predicted octanol–water partition coefficient (Wildman–Crippen LogP) is 0.673. The van der Waals surface area contributed by atoms with Crippen molar-refractivity contribution in [3.63, 3.8) is 0 Å². The highest BCUT2D eigenvalue weighted by Gasteiger charge is 2.37. The van der Waals surface area contributed by atoms with Gasteiger partial charge in [0.2, 0.25) is 0 Å². The van der Waals surface area contributed by atoms with E-state index >= 15 is 0 Å². The summed E-state index contributed by atoms with van der Waals surface area (Å²) in [7, 11) is 0. The highest BCUT2D eigenvalue weighted by Crippen LogP contribution is 2.27. The Hall–Kier alpha value is -1.71. The Balaban J connectivity index is 1.26. The lowest BCUT2D eigenvalue weighted by atomic mass is 10.0. The van der Waals surface area contributed by atoms with Crippen molar-refractivity contribution in [3.8, 4) is 0 Å². The molecule has 3 unspecified atom stereocenters. The van der Waals surface area contributed by atoms with E-state index in [1.54, 1.807) is 0 Å². The molecule has 5 rings (SSSR count). The molecule has 4 heterocycles. The number of nitrogens with zero attached hydrogens (tertiary/aromatic N) is 3. The number of likely N-dealkylation sites (tertiary alicyclic amines) is 1. The molecular weight excluding hydrogens is 330 g/mol. The first-order valence-electron chi connectivity index (χ1n) is 9.70. The van der Waals surface area contributed by atoms with Crippen molar-refractivity contribution < 1.29 is 0 Å². The summed E-state index contributed by atoms with van der Waals surface area (Å²) in [5, 5.41) is 5.65. The zero-order valence-corrected chi connectivity index (χ0v) is 15.1. The standard InChI is InChI=1S/C18H27N7O/c1-12-19-16-6-7-17(22-25(16)21-12)23-10-8-13(9-11-23)24-15-5-3-2-4-14(15)20-18(24)26/h2-5,12-13,16-17,19,21-22H,6-11H2,1H3,(H,20,26). The number of aromatic nitrogens is 2. The van der Waals surface area contributed by atoms with Gasteiger partial charge in [-0.2, -0.15) is 5.12 Å². The second-order valence-electron chi connectivity index (χ2n) is 7.71. The van der Waals surface area contributed by atoms with Crippen LogP contribution in [0.4, 0.5) is 0 Å². The van der Waals surface area contributed by atoms with Gasteiger partial charge in [-0.25, -0.2) is 15.6 Å². The molecule has 3 aliphatic rings. The minimum atomic E-state index is 0.0182. The first kappa shape index (κ1) is 16.5. The van der Waals surface area contributed by atoms with E-state index in [2.05, 4.69) is 38.1 Å². The van der Waals surface area contributed by atoms with Gasteiger partial charge in [-0.1, -0.05) is 12.1 Å². The fourth-order valence-electron chi connectivity index (χ4n) is 4.74. The van der Waals surface area contributed by atoms with Gasteiger partial charge in [0, 0.05) is 19.1 Å². The average Bonchev–Trinajstić information content (AvgIpc) is 3.19. The van der Waals surface area contributed by atoms with E-state index in [0.29, 0.717) is 18.5 Å². The molecule has 1 aromatic heterocycles. The van der Waals surface area contributed by atoms with Crippen LogP contribution in [0.1, 0.15) is 38.6 Å². The van der Waals surface area contributed by atoms with Gasteiger partial charge in [0.15, 0.2) is 0 Å². The zero-order chi connectivity index (χ0) is 17.7. The summed E-state index contributed by atoms with van der Waals surface area (Å²) in [5.74, 6) is 0. The van der Waals surface area contributed by atoms with Crippen LogP contribution in [-0.4, -0.2) is 51.2 Å². The van der Waals surface area contributed by atoms with Gasteiger partial charge in [-0.3, -0.25) is 14.8 Å². The summed E-state index contributed by atoms with van der Waals surface area (Å²) in [6, 6.07) is 8.26. The van der Waals surface area contributed by atoms with Crippen molar-refractivity contribution in [2.75, 3.05) is 13.1 Å². The molecule has 0 spiro atoms.